The van der Waals surface area contributed by atoms with E-state index in [0.29, 0.717) is 5.92 Å². The maximum absolute atomic E-state index is 10.9. The average molecular weight is 196 g/mol. The fourth-order valence-corrected chi connectivity index (χ4v) is 1.96. The van der Waals surface area contributed by atoms with Gasteiger partial charge >= 0.3 is 5.97 Å². The van der Waals surface area contributed by atoms with Gasteiger partial charge in [-0.2, -0.15) is 0 Å². The van der Waals surface area contributed by atoms with Crippen molar-refractivity contribution < 1.29 is 9.53 Å². The molecular weight excluding hydrogens is 176 g/mol. The molecule has 0 saturated heterocycles. The van der Waals surface area contributed by atoms with Crippen LogP contribution in [0.1, 0.15) is 46.5 Å². The largest absolute Gasteiger partial charge is 0.458 e. The lowest BCUT2D eigenvalue weighted by molar-refractivity contribution is -0.145. The molecular formula is C12H20O2. The van der Waals surface area contributed by atoms with Crippen molar-refractivity contribution >= 4 is 5.97 Å². The normalized spacial score (nSPS) is 25.4. The Morgan fingerprint density at radius 2 is 2.21 bits per heavy atom. The lowest BCUT2D eigenvalue weighted by Crippen LogP contribution is -2.22. The van der Waals surface area contributed by atoms with Gasteiger partial charge in [-0.25, -0.2) is 0 Å². The summed E-state index contributed by atoms with van der Waals surface area (Å²) in [7, 11) is 0. The monoisotopic (exact) mass is 196 g/mol. The standard InChI is InChI=1S/C12H20O2/c1-9(2)8-11-6-4-5-7-12(11)14-10(3)13/h8-9,12H,4-7H2,1-3H3/b11-8+/t12-/m1/s1. The zero-order valence-electron chi connectivity index (χ0n) is 9.38. The molecule has 1 saturated carbocycles. The fourth-order valence-electron chi connectivity index (χ4n) is 1.96. The number of carbonyl (C=O) groups is 1. The molecule has 0 unspecified atom stereocenters. The second-order valence-corrected chi connectivity index (χ2v) is 4.33. The average Bonchev–Trinajstić information content (AvgIpc) is 2.06. The predicted octanol–water partition coefficient (Wildman–Crippen LogP) is 3.07. The molecule has 1 aliphatic carbocycles. The summed E-state index contributed by atoms with van der Waals surface area (Å²) in [6.45, 7) is 5.81. The Hall–Kier alpha value is -0.790. The molecule has 1 aliphatic rings. The minimum Gasteiger partial charge on any atom is -0.458 e. The highest BCUT2D eigenvalue weighted by Crippen LogP contribution is 2.27. The van der Waals surface area contributed by atoms with Gasteiger partial charge in [0.2, 0.25) is 0 Å². The molecule has 0 aliphatic heterocycles. The Balaban J connectivity index is 2.63. The van der Waals surface area contributed by atoms with Crippen LogP contribution >= 0.6 is 0 Å². The first kappa shape index (κ1) is 11.3. The van der Waals surface area contributed by atoms with Gasteiger partial charge in [0.25, 0.3) is 0 Å². The Morgan fingerprint density at radius 3 is 2.79 bits per heavy atom. The highest BCUT2D eigenvalue weighted by Gasteiger charge is 2.21. The molecule has 0 radical (unpaired) electrons. The van der Waals surface area contributed by atoms with Crippen LogP contribution in [0.25, 0.3) is 0 Å². The van der Waals surface area contributed by atoms with Crippen molar-refractivity contribution in [3.63, 3.8) is 0 Å². The highest BCUT2D eigenvalue weighted by atomic mass is 16.5. The molecule has 0 N–H and O–H groups in total. The Kier molecular flexibility index (Phi) is 4.18. The van der Waals surface area contributed by atoms with Crippen LogP contribution in [0, 0.1) is 5.92 Å². The third-order valence-corrected chi connectivity index (χ3v) is 2.45. The van der Waals surface area contributed by atoms with Crippen LogP contribution in [0.4, 0.5) is 0 Å². The molecule has 1 fully saturated rings. The van der Waals surface area contributed by atoms with Crippen LogP contribution in [-0.2, 0) is 9.53 Å². The summed E-state index contributed by atoms with van der Waals surface area (Å²) >= 11 is 0. The van der Waals surface area contributed by atoms with E-state index in [0.717, 1.165) is 12.8 Å². The van der Waals surface area contributed by atoms with Crippen molar-refractivity contribution in [1.29, 1.82) is 0 Å². The number of ether oxygens (including phenoxy) is 1. The fraction of sp³-hybridized carbons (Fsp3) is 0.750. The van der Waals surface area contributed by atoms with Crippen molar-refractivity contribution in [2.24, 2.45) is 5.92 Å². The third-order valence-electron chi connectivity index (χ3n) is 2.45. The first-order chi connectivity index (χ1) is 6.59. The zero-order valence-corrected chi connectivity index (χ0v) is 9.38. The van der Waals surface area contributed by atoms with Gasteiger partial charge in [0, 0.05) is 6.92 Å². The quantitative estimate of drug-likeness (QED) is 0.501. The first-order valence-electron chi connectivity index (χ1n) is 5.47. The zero-order chi connectivity index (χ0) is 10.6. The molecule has 0 aromatic heterocycles. The maximum Gasteiger partial charge on any atom is 0.303 e. The van der Waals surface area contributed by atoms with Crippen molar-refractivity contribution in [3.8, 4) is 0 Å². The van der Waals surface area contributed by atoms with E-state index in [-0.39, 0.29) is 12.1 Å². The number of hydrogen-bond donors (Lipinski definition) is 0. The van der Waals surface area contributed by atoms with Crippen molar-refractivity contribution in [3.05, 3.63) is 11.6 Å². The molecule has 1 atom stereocenters. The Morgan fingerprint density at radius 1 is 1.50 bits per heavy atom. The van der Waals surface area contributed by atoms with Gasteiger partial charge in [-0.3, -0.25) is 4.79 Å². The molecule has 0 amide bonds. The van der Waals surface area contributed by atoms with Crippen molar-refractivity contribution in [2.45, 2.75) is 52.6 Å². The van der Waals surface area contributed by atoms with Gasteiger partial charge < -0.3 is 4.74 Å². The van der Waals surface area contributed by atoms with E-state index in [1.54, 1.807) is 0 Å². The summed E-state index contributed by atoms with van der Waals surface area (Å²) in [6, 6.07) is 0. The summed E-state index contributed by atoms with van der Waals surface area (Å²) in [5, 5.41) is 0. The molecule has 0 bridgehead atoms. The number of allylic oxidation sites excluding steroid dienone is 1. The summed E-state index contributed by atoms with van der Waals surface area (Å²) < 4.78 is 5.30. The summed E-state index contributed by atoms with van der Waals surface area (Å²) in [6.07, 6.45) is 6.80. The van der Waals surface area contributed by atoms with Gasteiger partial charge in [0.1, 0.15) is 6.10 Å². The number of rotatable bonds is 2. The molecule has 14 heavy (non-hydrogen) atoms. The van der Waals surface area contributed by atoms with E-state index >= 15 is 0 Å². The molecule has 80 valence electrons. The minimum atomic E-state index is -0.161. The topological polar surface area (TPSA) is 26.3 Å². The Bertz CT molecular complexity index is 228. The van der Waals surface area contributed by atoms with Gasteiger partial charge in [0.05, 0.1) is 0 Å². The number of hydrogen-bond acceptors (Lipinski definition) is 2. The van der Waals surface area contributed by atoms with E-state index < -0.39 is 0 Å². The second-order valence-electron chi connectivity index (χ2n) is 4.33. The van der Waals surface area contributed by atoms with E-state index in [1.165, 1.54) is 25.3 Å². The van der Waals surface area contributed by atoms with E-state index in [9.17, 15) is 4.79 Å². The van der Waals surface area contributed by atoms with Gasteiger partial charge in [-0.05, 0) is 37.2 Å². The van der Waals surface area contributed by atoms with Crippen LogP contribution in [0.15, 0.2) is 11.6 Å². The van der Waals surface area contributed by atoms with Gasteiger partial charge in [0.15, 0.2) is 0 Å². The molecule has 1 rings (SSSR count). The van der Waals surface area contributed by atoms with E-state index in [2.05, 4.69) is 19.9 Å². The van der Waals surface area contributed by atoms with Crippen LogP contribution in [0.5, 0.6) is 0 Å². The smallest absolute Gasteiger partial charge is 0.303 e. The second kappa shape index (κ2) is 5.18. The van der Waals surface area contributed by atoms with Crippen LogP contribution in [0.2, 0.25) is 0 Å². The van der Waals surface area contributed by atoms with Crippen molar-refractivity contribution in [2.75, 3.05) is 0 Å². The predicted molar refractivity (Wildman–Crippen MR) is 56.9 cm³/mol. The van der Waals surface area contributed by atoms with Crippen LogP contribution in [-0.4, -0.2) is 12.1 Å². The van der Waals surface area contributed by atoms with E-state index in [4.69, 9.17) is 4.74 Å². The minimum absolute atomic E-state index is 0.0589. The lowest BCUT2D eigenvalue weighted by Gasteiger charge is -2.25. The van der Waals surface area contributed by atoms with Crippen molar-refractivity contribution in [1.82, 2.24) is 0 Å². The van der Waals surface area contributed by atoms with Gasteiger partial charge in [-0.1, -0.05) is 19.9 Å². The van der Waals surface area contributed by atoms with Crippen LogP contribution < -0.4 is 0 Å². The number of esters is 1. The molecule has 0 spiro atoms. The molecule has 0 aromatic rings. The molecule has 2 heteroatoms. The van der Waals surface area contributed by atoms with Gasteiger partial charge in [-0.15, -0.1) is 0 Å². The summed E-state index contributed by atoms with van der Waals surface area (Å²) in [5.74, 6) is 0.382. The third kappa shape index (κ3) is 3.52. The number of carbonyl (C=O) groups excluding carboxylic acids is 1. The van der Waals surface area contributed by atoms with Crippen LogP contribution in [0.3, 0.4) is 0 Å². The molecule has 0 aromatic carbocycles. The first-order valence-corrected chi connectivity index (χ1v) is 5.47. The molecule has 2 nitrogen and oxygen atoms in total. The SMILES string of the molecule is CC(=O)O[C@@H]1CCCC/C1=C\C(C)C. The van der Waals surface area contributed by atoms with E-state index in [1.807, 2.05) is 0 Å². The summed E-state index contributed by atoms with van der Waals surface area (Å²) in [4.78, 5) is 10.9. The molecule has 0 heterocycles. The highest BCUT2D eigenvalue weighted by molar-refractivity contribution is 5.66. The lowest BCUT2D eigenvalue weighted by atomic mass is 9.90. The maximum atomic E-state index is 10.9. The summed E-state index contributed by atoms with van der Waals surface area (Å²) in [5.41, 5.74) is 1.32. The Labute approximate surface area is 86.3 Å².